The Kier molecular flexibility index (Phi) is 5.22. The Bertz CT molecular complexity index is 923. The molecule has 0 saturated heterocycles. The van der Waals surface area contributed by atoms with Gasteiger partial charge in [-0.25, -0.2) is 23.5 Å². The standard InChI is InChI=1S/C15H17N5O4S/c1-10-3-7-13(8-4-10)25(23,24)19-14-9-12(6-5-11(14)2)17-15(16)18-20(21)22/h3-9,19H,1-2H3,(H3,16,17,18). The number of hydrazine groups is 1. The Hall–Kier alpha value is -3.14. The number of rotatable bonds is 5. The molecule has 25 heavy (non-hydrogen) atoms. The monoisotopic (exact) mass is 363 g/mol. The number of guanidine groups is 1. The van der Waals surface area contributed by atoms with Crippen molar-refractivity contribution >= 4 is 27.4 Å². The molecule has 2 aromatic rings. The molecular formula is C15H17N5O4S. The molecule has 2 aromatic carbocycles. The van der Waals surface area contributed by atoms with Gasteiger partial charge in [0.15, 0.2) is 5.03 Å². The fourth-order valence-electron chi connectivity index (χ4n) is 1.97. The van der Waals surface area contributed by atoms with Gasteiger partial charge < -0.3 is 5.73 Å². The molecule has 0 amide bonds. The summed E-state index contributed by atoms with van der Waals surface area (Å²) in [6.07, 6.45) is 0. The molecule has 0 radical (unpaired) electrons. The van der Waals surface area contributed by atoms with Crippen molar-refractivity contribution in [3.8, 4) is 0 Å². The van der Waals surface area contributed by atoms with Crippen LogP contribution >= 0.6 is 0 Å². The van der Waals surface area contributed by atoms with E-state index in [4.69, 9.17) is 5.73 Å². The van der Waals surface area contributed by atoms with E-state index in [0.29, 0.717) is 11.3 Å². The summed E-state index contributed by atoms with van der Waals surface area (Å²) < 4.78 is 27.4. The van der Waals surface area contributed by atoms with E-state index >= 15 is 0 Å². The molecule has 0 aliphatic carbocycles. The van der Waals surface area contributed by atoms with E-state index in [9.17, 15) is 18.5 Å². The van der Waals surface area contributed by atoms with Gasteiger partial charge in [0.1, 0.15) is 0 Å². The molecular weight excluding hydrogens is 346 g/mol. The Balaban J connectivity index is 2.31. The van der Waals surface area contributed by atoms with Gasteiger partial charge in [0.25, 0.3) is 16.0 Å². The van der Waals surface area contributed by atoms with Gasteiger partial charge in [-0.15, -0.1) is 0 Å². The van der Waals surface area contributed by atoms with E-state index in [1.54, 1.807) is 36.6 Å². The van der Waals surface area contributed by atoms with Gasteiger partial charge in [0, 0.05) is 0 Å². The molecule has 0 bridgehead atoms. The number of anilines is 1. The smallest absolute Gasteiger partial charge is 0.261 e. The molecule has 0 aliphatic rings. The van der Waals surface area contributed by atoms with Crippen molar-refractivity contribution in [2.24, 2.45) is 10.7 Å². The number of nitrogens with two attached hydrogens (primary N) is 1. The number of aryl methyl sites for hydroxylation is 2. The predicted molar refractivity (Wildman–Crippen MR) is 94.6 cm³/mol. The van der Waals surface area contributed by atoms with Crippen molar-refractivity contribution < 1.29 is 13.5 Å². The number of nitrogens with zero attached hydrogens (tertiary/aromatic N) is 2. The van der Waals surface area contributed by atoms with Crippen LogP contribution in [-0.2, 0) is 10.0 Å². The number of hydrogen-bond acceptors (Lipinski definition) is 5. The van der Waals surface area contributed by atoms with Crippen molar-refractivity contribution in [3.63, 3.8) is 0 Å². The highest BCUT2D eigenvalue weighted by Crippen LogP contribution is 2.25. The number of sulfonamides is 1. The van der Waals surface area contributed by atoms with Crippen LogP contribution in [0.4, 0.5) is 11.4 Å². The Labute approximate surface area is 144 Å². The van der Waals surface area contributed by atoms with Crippen molar-refractivity contribution in [1.29, 1.82) is 0 Å². The van der Waals surface area contributed by atoms with Gasteiger partial charge in [-0.05, 0) is 43.7 Å². The van der Waals surface area contributed by atoms with Gasteiger partial charge in [0.2, 0.25) is 0 Å². The zero-order valence-corrected chi connectivity index (χ0v) is 14.4. The summed E-state index contributed by atoms with van der Waals surface area (Å²) >= 11 is 0. The van der Waals surface area contributed by atoms with Gasteiger partial charge >= 0.3 is 0 Å². The zero-order chi connectivity index (χ0) is 18.6. The van der Waals surface area contributed by atoms with E-state index in [2.05, 4.69) is 9.71 Å². The number of aliphatic imine (C=N–C) groups is 1. The summed E-state index contributed by atoms with van der Waals surface area (Å²) in [5.74, 6) is -0.416. The predicted octanol–water partition coefficient (Wildman–Crippen LogP) is 1.83. The minimum atomic E-state index is -3.77. The Morgan fingerprint density at radius 1 is 1.16 bits per heavy atom. The highest BCUT2D eigenvalue weighted by molar-refractivity contribution is 7.92. The summed E-state index contributed by atoms with van der Waals surface area (Å²) in [6, 6.07) is 11.1. The van der Waals surface area contributed by atoms with E-state index in [1.807, 2.05) is 6.92 Å². The highest BCUT2D eigenvalue weighted by Gasteiger charge is 2.15. The summed E-state index contributed by atoms with van der Waals surface area (Å²) in [4.78, 5) is 14.3. The van der Waals surface area contributed by atoms with Crippen LogP contribution in [0.2, 0.25) is 0 Å². The van der Waals surface area contributed by atoms with Crippen LogP contribution < -0.4 is 15.9 Å². The van der Waals surface area contributed by atoms with E-state index in [1.165, 1.54) is 18.2 Å². The quantitative estimate of drug-likeness (QED) is 0.320. The number of hydrogen-bond donors (Lipinski definition) is 3. The van der Waals surface area contributed by atoms with E-state index in [-0.39, 0.29) is 10.6 Å². The number of benzene rings is 2. The largest absolute Gasteiger partial charge is 0.365 e. The lowest BCUT2D eigenvalue weighted by Crippen LogP contribution is -2.35. The van der Waals surface area contributed by atoms with Gasteiger partial charge in [-0.1, -0.05) is 29.2 Å². The highest BCUT2D eigenvalue weighted by atomic mass is 32.2. The lowest BCUT2D eigenvalue weighted by atomic mass is 10.2. The normalized spacial score (nSPS) is 11.8. The fourth-order valence-corrected chi connectivity index (χ4v) is 3.09. The molecule has 0 spiro atoms. The maximum atomic E-state index is 12.5. The summed E-state index contributed by atoms with van der Waals surface area (Å²) in [5.41, 5.74) is 9.27. The Morgan fingerprint density at radius 3 is 2.40 bits per heavy atom. The van der Waals surface area contributed by atoms with Crippen LogP contribution in [0.3, 0.4) is 0 Å². The van der Waals surface area contributed by atoms with Gasteiger partial charge in [-0.2, -0.15) is 0 Å². The molecule has 0 saturated carbocycles. The van der Waals surface area contributed by atoms with Crippen LogP contribution in [0, 0.1) is 24.0 Å². The molecule has 0 heterocycles. The van der Waals surface area contributed by atoms with Crippen LogP contribution in [0.25, 0.3) is 0 Å². The second-order valence-electron chi connectivity index (χ2n) is 5.28. The minimum Gasteiger partial charge on any atom is -0.365 e. The van der Waals surface area contributed by atoms with Crippen molar-refractivity contribution in [2.75, 3.05) is 4.72 Å². The van der Waals surface area contributed by atoms with Crippen LogP contribution in [0.5, 0.6) is 0 Å². The van der Waals surface area contributed by atoms with Crippen molar-refractivity contribution in [1.82, 2.24) is 5.43 Å². The van der Waals surface area contributed by atoms with E-state index in [0.717, 1.165) is 5.56 Å². The molecule has 0 unspecified atom stereocenters. The molecule has 0 aliphatic heterocycles. The van der Waals surface area contributed by atoms with Crippen molar-refractivity contribution in [2.45, 2.75) is 18.7 Å². The van der Waals surface area contributed by atoms with Crippen molar-refractivity contribution in [3.05, 3.63) is 63.7 Å². The third-order valence-corrected chi connectivity index (χ3v) is 4.63. The topological polar surface area (TPSA) is 140 Å². The third-order valence-electron chi connectivity index (χ3n) is 3.25. The fraction of sp³-hybridized carbons (Fsp3) is 0.133. The van der Waals surface area contributed by atoms with Crippen LogP contribution in [-0.4, -0.2) is 19.4 Å². The van der Waals surface area contributed by atoms with Crippen LogP contribution in [0.1, 0.15) is 11.1 Å². The SMILES string of the molecule is Cc1ccc(S(=O)(=O)Nc2cc(N=C(N)N[N+](=O)[O-])ccc2C)cc1. The van der Waals surface area contributed by atoms with Gasteiger partial charge in [-0.3, -0.25) is 4.72 Å². The average molecular weight is 363 g/mol. The first-order valence-corrected chi connectivity index (χ1v) is 8.61. The molecule has 0 aromatic heterocycles. The molecule has 10 heteroatoms. The summed E-state index contributed by atoms with van der Waals surface area (Å²) in [5, 5.41) is 9.49. The Morgan fingerprint density at radius 2 is 1.80 bits per heavy atom. The third kappa shape index (κ3) is 4.91. The average Bonchev–Trinajstić information content (AvgIpc) is 2.50. The first-order chi connectivity index (χ1) is 11.7. The first-order valence-electron chi connectivity index (χ1n) is 7.13. The first kappa shape index (κ1) is 18.2. The molecule has 0 atom stereocenters. The maximum absolute atomic E-state index is 12.5. The molecule has 132 valence electrons. The lowest BCUT2D eigenvalue weighted by molar-refractivity contribution is -0.525. The summed E-state index contributed by atoms with van der Waals surface area (Å²) in [6.45, 7) is 3.58. The summed E-state index contributed by atoms with van der Waals surface area (Å²) in [7, 11) is -3.77. The number of nitro groups is 1. The molecule has 4 N–H and O–H groups in total. The second-order valence-corrected chi connectivity index (χ2v) is 6.97. The second kappa shape index (κ2) is 7.18. The lowest BCUT2D eigenvalue weighted by Gasteiger charge is -2.11. The maximum Gasteiger partial charge on any atom is 0.261 e. The van der Waals surface area contributed by atoms with Crippen LogP contribution in [0.15, 0.2) is 52.4 Å². The molecule has 9 nitrogen and oxygen atoms in total. The number of nitrogens with one attached hydrogen (secondary N) is 2. The molecule has 0 fully saturated rings. The zero-order valence-electron chi connectivity index (χ0n) is 13.6. The van der Waals surface area contributed by atoms with E-state index < -0.39 is 21.0 Å². The molecule has 2 rings (SSSR count). The minimum absolute atomic E-state index is 0.126. The van der Waals surface area contributed by atoms with Gasteiger partial charge in [0.05, 0.1) is 16.3 Å².